The highest BCUT2D eigenvalue weighted by Gasteiger charge is 2.29. The van der Waals surface area contributed by atoms with Gasteiger partial charge < -0.3 is 10.1 Å². The fraction of sp³-hybridized carbons (Fsp3) is 0.286. The van der Waals surface area contributed by atoms with E-state index in [1.165, 1.54) is 0 Å². The number of ether oxygens (including phenoxy) is 1. The molecule has 2 aromatic rings. The summed E-state index contributed by atoms with van der Waals surface area (Å²) in [5.74, 6) is 0.771. The fourth-order valence-electron chi connectivity index (χ4n) is 3.18. The van der Waals surface area contributed by atoms with Crippen LogP contribution in [-0.2, 0) is 10.2 Å². The molecule has 0 saturated heterocycles. The summed E-state index contributed by atoms with van der Waals surface area (Å²) in [6.45, 7) is 8.46. The zero-order valence-electron chi connectivity index (χ0n) is 15.5. The molecule has 5 heteroatoms. The lowest BCUT2D eigenvalue weighted by atomic mass is 9.85. The van der Waals surface area contributed by atoms with Gasteiger partial charge in [-0.1, -0.05) is 42.8 Å². The summed E-state index contributed by atoms with van der Waals surface area (Å²) in [6, 6.07) is 8.00. The van der Waals surface area contributed by atoms with Gasteiger partial charge in [0.05, 0.1) is 12.8 Å². The Morgan fingerprint density at radius 2 is 1.81 bits per heavy atom. The number of fused-ring (bicyclic) bond motifs is 1. The maximum atomic E-state index is 12.6. The molecule has 1 aliphatic heterocycles. The SMILES string of the molecule is COc1ccc(C=C2C(=O)Nc3c(Br)cc(Br)c(C)c32)cc1C(C)(C)C. The molecule has 0 fully saturated rings. The number of nitrogens with one attached hydrogen (secondary N) is 1. The number of carbonyl (C=O) groups is 1. The predicted octanol–water partition coefficient (Wildman–Crippen LogP) is 6.32. The highest BCUT2D eigenvalue weighted by atomic mass is 79.9. The first kappa shape index (κ1) is 19.2. The van der Waals surface area contributed by atoms with Crippen molar-refractivity contribution in [2.75, 3.05) is 12.4 Å². The standard InChI is InChI=1S/C21H21Br2NO2/c1-11-15(22)10-16(23)19-18(11)13(20(25)24-19)8-12-6-7-17(26-5)14(9-12)21(2,3)4/h6-10H,1-5H3,(H,24,25). The van der Waals surface area contributed by atoms with Crippen LogP contribution >= 0.6 is 31.9 Å². The monoisotopic (exact) mass is 477 g/mol. The molecule has 0 aliphatic carbocycles. The van der Waals surface area contributed by atoms with E-state index in [-0.39, 0.29) is 11.3 Å². The summed E-state index contributed by atoms with van der Waals surface area (Å²) >= 11 is 7.12. The van der Waals surface area contributed by atoms with Gasteiger partial charge in [-0.2, -0.15) is 0 Å². The highest BCUT2D eigenvalue weighted by Crippen LogP contribution is 2.43. The molecule has 3 nitrogen and oxygen atoms in total. The van der Waals surface area contributed by atoms with E-state index in [0.717, 1.165) is 42.6 Å². The minimum absolute atomic E-state index is 0.0579. The molecule has 0 radical (unpaired) electrons. The Bertz CT molecular complexity index is 940. The largest absolute Gasteiger partial charge is 0.496 e. The molecule has 1 aliphatic rings. The predicted molar refractivity (Wildman–Crippen MR) is 115 cm³/mol. The minimum atomic E-state index is -0.0879. The molecule has 26 heavy (non-hydrogen) atoms. The second-order valence-electron chi connectivity index (χ2n) is 7.44. The summed E-state index contributed by atoms with van der Waals surface area (Å²) in [6.07, 6.45) is 1.95. The number of hydrogen-bond acceptors (Lipinski definition) is 2. The molecule has 1 amide bonds. The van der Waals surface area contributed by atoms with Crippen LogP contribution in [0.4, 0.5) is 5.69 Å². The van der Waals surface area contributed by atoms with Crippen molar-refractivity contribution in [1.29, 1.82) is 0 Å². The van der Waals surface area contributed by atoms with Crippen molar-refractivity contribution in [3.8, 4) is 5.75 Å². The molecule has 1 heterocycles. The number of methoxy groups -OCH3 is 1. The van der Waals surface area contributed by atoms with Crippen LogP contribution in [0.2, 0.25) is 0 Å². The van der Waals surface area contributed by atoms with Crippen molar-refractivity contribution in [3.05, 3.63) is 55.5 Å². The Labute approximate surface area is 171 Å². The highest BCUT2D eigenvalue weighted by molar-refractivity contribution is 9.11. The average molecular weight is 479 g/mol. The third kappa shape index (κ3) is 3.35. The second-order valence-corrected chi connectivity index (χ2v) is 9.15. The summed E-state index contributed by atoms with van der Waals surface area (Å²) in [5.41, 5.74) is 5.50. The van der Waals surface area contributed by atoms with Crippen LogP contribution in [0.3, 0.4) is 0 Å². The molecular weight excluding hydrogens is 458 g/mol. The van der Waals surface area contributed by atoms with Crippen LogP contribution in [-0.4, -0.2) is 13.0 Å². The Morgan fingerprint density at radius 3 is 2.42 bits per heavy atom. The van der Waals surface area contributed by atoms with Gasteiger partial charge in [-0.15, -0.1) is 0 Å². The van der Waals surface area contributed by atoms with Crippen molar-refractivity contribution in [1.82, 2.24) is 0 Å². The molecule has 0 atom stereocenters. The maximum absolute atomic E-state index is 12.6. The van der Waals surface area contributed by atoms with Gasteiger partial charge in [-0.05, 0) is 63.7 Å². The van der Waals surface area contributed by atoms with Gasteiger partial charge in [0.15, 0.2) is 0 Å². The van der Waals surface area contributed by atoms with Gasteiger partial charge in [-0.25, -0.2) is 0 Å². The number of benzene rings is 2. The quantitative estimate of drug-likeness (QED) is 0.513. The van der Waals surface area contributed by atoms with Crippen LogP contribution in [0, 0.1) is 6.92 Å². The Hall–Kier alpha value is -1.59. The van der Waals surface area contributed by atoms with E-state index < -0.39 is 0 Å². The van der Waals surface area contributed by atoms with Crippen LogP contribution in [0.25, 0.3) is 11.6 Å². The molecule has 2 aromatic carbocycles. The van der Waals surface area contributed by atoms with Gasteiger partial charge in [0.1, 0.15) is 5.75 Å². The lowest BCUT2D eigenvalue weighted by Gasteiger charge is -2.22. The van der Waals surface area contributed by atoms with E-state index in [1.807, 2.05) is 31.2 Å². The van der Waals surface area contributed by atoms with Gasteiger partial charge >= 0.3 is 0 Å². The van der Waals surface area contributed by atoms with Crippen molar-refractivity contribution >= 4 is 55.1 Å². The molecule has 1 N–H and O–H groups in total. The summed E-state index contributed by atoms with van der Waals surface area (Å²) in [5, 5.41) is 2.97. The van der Waals surface area contributed by atoms with Gasteiger partial charge in [0.25, 0.3) is 5.91 Å². The first-order valence-electron chi connectivity index (χ1n) is 8.34. The Kier molecular flexibility index (Phi) is 5.06. The molecule has 0 unspecified atom stereocenters. The van der Waals surface area contributed by atoms with Crippen LogP contribution in [0.1, 0.15) is 43.0 Å². The third-order valence-electron chi connectivity index (χ3n) is 4.57. The van der Waals surface area contributed by atoms with Crippen molar-refractivity contribution in [2.45, 2.75) is 33.1 Å². The van der Waals surface area contributed by atoms with E-state index in [2.05, 4.69) is 64.0 Å². The van der Waals surface area contributed by atoms with Crippen LogP contribution in [0.5, 0.6) is 5.75 Å². The molecular formula is C21H21Br2NO2. The first-order chi connectivity index (χ1) is 12.1. The van der Waals surface area contributed by atoms with Gasteiger partial charge in [-0.3, -0.25) is 4.79 Å². The Balaban J connectivity index is 2.18. The van der Waals surface area contributed by atoms with E-state index in [1.54, 1.807) is 7.11 Å². The molecule has 136 valence electrons. The smallest absolute Gasteiger partial charge is 0.256 e. The lowest BCUT2D eigenvalue weighted by molar-refractivity contribution is -0.110. The second kappa shape index (κ2) is 6.86. The summed E-state index contributed by atoms with van der Waals surface area (Å²) < 4.78 is 7.35. The zero-order chi connectivity index (χ0) is 19.2. The molecule has 0 saturated carbocycles. The Morgan fingerprint density at radius 1 is 1.12 bits per heavy atom. The van der Waals surface area contributed by atoms with Gasteiger partial charge in [0, 0.05) is 25.6 Å². The summed E-state index contributed by atoms with van der Waals surface area (Å²) in [7, 11) is 1.68. The first-order valence-corrected chi connectivity index (χ1v) is 9.92. The maximum Gasteiger partial charge on any atom is 0.256 e. The molecule has 3 rings (SSSR count). The van der Waals surface area contributed by atoms with Crippen molar-refractivity contribution < 1.29 is 9.53 Å². The number of amides is 1. The van der Waals surface area contributed by atoms with Crippen molar-refractivity contribution in [2.24, 2.45) is 0 Å². The average Bonchev–Trinajstić information content (AvgIpc) is 2.89. The third-order valence-corrected chi connectivity index (χ3v) is 6.02. The van der Waals surface area contributed by atoms with Crippen LogP contribution < -0.4 is 10.1 Å². The molecule has 0 aromatic heterocycles. The van der Waals surface area contributed by atoms with Gasteiger partial charge in [0.2, 0.25) is 0 Å². The van der Waals surface area contributed by atoms with E-state index in [0.29, 0.717) is 5.57 Å². The van der Waals surface area contributed by atoms with E-state index >= 15 is 0 Å². The van der Waals surface area contributed by atoms with E-state index in [4.69, 9.17) is 4.74 Å². The molecule has 0 spiro atoms. The number of rotatable bonds is 2. The topological polar surface area (TPSA) is 38.3 Å². The minimum Gasteiger partial charge on any atom is -0.496 e. The van der Waals surface area contributed by atoms with E-state index in [9.17, 15) is 4.79 Å². The summed E-state index contributed by atoms with van der Waals surface area (Å²) in [4.78, 5) is 12.6. The van der Waals surface area contributed by atoms with Crippen LogP contribution in [0.15, 0.2) is 33.2 Å². The molecule has 0 bridgehead atoms. The lowest BCUT2D eigenvalue weighted by Crippen LogP contribution is -2.13. The van der Waals surface area contributed by atoms with Crippen molar-refractivity contribution in [3.63, 3.8) is 0 Å². The number of hydrogen-bond donors (Lipinski definition) is 1. The normalized spacial score (nSPS) is 15.2. The zero-order valence-corrected chi connectivity index (χ0v) is 18.6. The number of anilines is 1. The number of halogens is 2. The number of carbonyl (C=O) groups excluding carboxylic acids is 1. The fourth-order valence-corrected chi connectivity index (χ4v) is 4.44.